The third kappa shape index (κ3) is 5.45. The van der Waals surface area contributed by atoms with E-state index in [1.54, 1.807) is 48.5 Å². The van der Waals surface area contributed by atoms with Gasteiger partial charge in [0.05, 0.1) is 5.39 Å². The van der Waals surface area contributed by atoms with Gasteiger partial charge in [0, 0.05) is 46.1 Å². The molecule has 0 aliphatic rings. The summed E-state index contributed by atoms with van der Waals surface area (Å²) >= 11 is 6.18. The van der Waals surface area contributed by atoms with Crippen LogP contribution in [-0.4, -0.2) is 45.5 Å². The lowest BCUT2D eigenvalue weighted by Crippen LogP contribution is -2.37. The van der Waals surface area contributed by atoms with Crippen molar-refractivity contribution >= 4 is 28.5 Å². The summed E-state index contributed by atoms with van der Waals surface area (Å²) < 4.78 is 16.6. The summed E-state index contributed by atoms with van der Waals surface area (Å²) in [6, 6.07) is 13.5. The normalized spacial score (nSPS) is 11.4. The highest BCUT2D eigenvalue weighted by Crippen LogP contribution is 2.28. The molecule has 0 saturated heterocycles. The van der Waals surface area contributed by atoms with E-state index in [1.807, 2.05) is 32.8 Å². The molecular weight excluding hydrogens is 481 g/mol. The van der Waals surface area contributed by atoms with Crippen LogP contribution in [-0.2, 0) is 17.9 Å². The molecule has 0 atom stereocenters. The predicted octanol–water partition coefficient (Wildman–Crippen LogP) is 4.50. The zero-order valence-corrected chi connectivity index (χ0v) is 21.3. The van der Waals surface area contributed by atoms with E-state index in [0.717, 1.165) is 0 Å². The van der Waals surface area contributed by atoms with E-state index >= 15 is 4.39 Å². The Morgan fingerprint density at radius 2 is 1.89 bits per heavy atom. The van der Waals surface area contributed by atoms with Crippen LogP contribution in [0.3, 0.4) is 0 Å². The summed E-state index contributed by atoms with van der Waals surface area (Å²) in [7, 11) is 3.73. The van der Waals surface area contributed by atoms with Crippen LogP contribution in [0.5, 0.6) is 0 Å². The first-order valence-corrected chi connectivity index (χ1v) is 11.9. The number of carbonyl (C=O) groups excluding carboxylic acids is 1. The average Bonchev–Trinajstić information content (AvgIpc) is 2.81. The molecule has 0 bridgehead atoms. The highest BCUT2D eigenvalue weighted by molar-refractivity contribution is 6.30. The molecule has 36 heavy (non-hydrogen) atoms. The first kappa shape index (κ1) is 25.5. The molecular formula is C27H27ClFN5O2. The maximum absolute atomic E-state index is 15.3. The van der Waals surface area contributed by atoms with Gasteiger partial charge < -0.3 is 10.2 Å². The molecule has 186 valence electrons. The minimum Gasteiger partial charge on any atom is -0.352 e. The maximum atomic E-state index is 15.3. The van der Waals surface area contributed by atoms with Gasteiger partial charge in [-0.3, -0.25) is 14.2 Å². The van der Waals surface area contributed by atoms with Crippen molar-refractivity contribution in [2.75, 3.05) is 14.1 Å². The van der Waals surface area contributed by atoms with Crippen LogP contribution in [0.25, 0.3) is 33.5 Å². The number of rotatable bonds is 7. The van der Waals surface area contributed by atoms with Crippen molar-refractivity contribution in [2.45, 2.75) is 33.0 Å². The first-order chi connectivity index (χ1) is 17.1. The SMILES string of the molecule is CC(C)NC(=O)Cn1c(-c2cccc(Cl)c2)nc2ncc(-c3cccc(CN(C)C)c3F)cc2c1=O. The van der Waals surface area contributed by atoms with Crippen LogP contribution in [0.15, 0.2) is 59.5 Å². The van der Waals surface area contributed by atoms with Crippen LogP contribution in [0.4, 0.5) is 4.39 Å². The predicted molar refractivity (Wildman–Crippen MR) is 140 cm³/mol. The Hall–Kier alpha value is -3.62. The molecule has 0 aliphatic carbocycles. The summed E-state index contributed by atoms with van der Waals surface area (Å²) in [5.74, 6) is -0.427. The molecule has 1 N–H and O–H groups in total. The van der Waals surface area contributed by atoms with Crippen molar-refractivity contribution in [3.63, 3.8) is 0 Å². The van der Waals surface area contributed by atoms with Gasteiger partial charge in [-0.15, -0.1) is 0 Å². The monoisotopic (exact) mass is 507 g/mol. The van der Waals surface area contributed by atoms with E-state index < -0.39 is 5.56 Å². The topological polar surface area (TPSA) is 80.1 Å². The summed E-state index contributed by atoms with van der Waals surface area (Å²) in [4.78, 5) is 37.2. The Bertz CT molecular complexity index is 1500. The number of nitrogens with zero attached hydrogens (tertiary/aromatic N) is 4. The largest absolute Gasteiger partial charge is 0.352 e. The summed E-state index contributed by atoms with van der Waals surface area (Å²) in [6.45, 7) is 3.88. The van der Waals surface area contributed by atoms with Gasteiger partial charge in [-0.2, -0.15) is 0 Å². The van der Waals surface area contributed by atoms with Crippen molar-refractivity contribution in [1.29, 1.82) is 0 Å². The molecule has 9 heteroatoms. The van der Waals surface area contributed by atoms with E-state index in [4.69, 9.17) is 11.6 Å². The molecule has 4 rings (SSSR count). The Morgan fingerprint density at radius 3 is 2.58 bits per heavy atom. The van der Waals surface area contributed by atoms with Gasteiger partial charge in [0.15, 0.2) is 5.65 Å². The molecule has 4 aromatic rings. The minimum absolute atomic E-state index is 0.0954. The molecule has 2 heterocycles. The smallest absolute Gasteiger partial charge is 0.263 e. The van der Waals surface area contributed by atoms with Gasteiger partial charge in [-0.05, 0) is 46.1 Å². The van der Waals surface area contributed by atoms with Crippen molar-refractivity contribution in [3.8, 4) is 22.5 Å². The lowest BCUT2D eigenvalue weighted by Gasteiger charge is -2.16. The molecule has 0 spiro atoms. The van der Waals surface area contributed by atoms with E-state index in [-0.39, 0.29) is 41.2 Å². The number of amides is 1. The molecule has 2 aromatic heterocycles. The molecule has 0 aliphatic heterocycles. The zero-order valence-electron chi connectivity index (χ0n) is 20.5. The molecule has 0 saturated carbocycles. The fraction of sp³-hybridized carbons (Fsp3) is 0.259. The van der Waals surface area contributed by atoms with Gasteiger partial charge in [0.1, 0.15) is 18.2 Å². The molecule has 2 aromatic carbocycles. The standard InChI is InChI=1S/C27H27ClFN5O2/c1-16(2)31-23(35)15-34-26(17-7-5-9-20(28)11-17)32-25-22(27(34)36)12-19(13-30-25)21-10-6-8-18(24(21)29)14-33(3)4/h5-13,16H,14-15H2,1-4H3,(H,31,35). The quantitative estimate of drug-likeness (QED) is 0.398. The second-order valence-corrected chi connectivity index (χ2v) is 9.61. The van der Waals surface area contributed by atoms with Crippen LogP contribution in [0.1, 0.15) is 19.4 Å². The molecule has 7 nitrogen and oxygen atoms in total. The Balaban J connectivity index is 1.90. The summed E-state index contributed by atoms with van der Waals surface area (Å²) in [5.41, 5.74) is 1.65. The van der Waals surface area contributed by atoms with Gasteiger partial charge in [0.25, 0.3) is 5.56 Å². The van der Waals surface area contributed by atoms with E-state index in [9.17, 15) is 9.59 Å². The number of nitrogens with one attached hydrogen (secondary N) is 1. The number of aromatic nitrogens is 3. The van der Waals surface area contributed by atoms with Crippen molar-refractivity contribution < 1.29 is 9.18 Å². The second-order valence-electron chi connectivity index (χ2n) is 9.17. The van der Waals surface area contributed by atoms with Crippen molar-refractivity contribution in [2.24, 2.45) is 0 Å². The second kappa shape index (κ2) is 10.6. The number of pyridine rings is 1. The molecule has 0 unspecified atom stereocenters. The number of carbonyl (C=O) groups is 1. The average molecular weight is 508 g/mol. The van der Waals surface area contributed by atoms with Crippen LogP contribution >= 0.6 is 11.6 Å². The van der Waals surface area contributed by atoms with Crippen LogP contribution < -0.4 is 10.9 Å². The first-order valence-electron chi connectivity index (χ1n) is 11.5. The van der Waals surface area contributed by atoms with Gasteiger partial charge >= 0.3 is 0 Å². The van der Waals surface area contributed by atoms with Gasteiger partial charge in [-0.25, -0.2) is 14.4 Å². The minimum atomic E-state index is -0.451. The Morgan fingerprint density at radius 1 is 1.14 bits per heavy atom. The summed E-state index contributed by atoms with van der Waals surface area (Å²) in [5, 5.41) is 3.46. The number of halogens is 2. The highest BCUT2D eigenvalue weighted by atomic mass is 35.5. The fourth-order valence-corrected chi connectivity index (χ4v) is 4.22. The lowest BCUT2D eigenvalue weighted by molar-refractivity contribution is -0.122. The zero-order chi connectivity index (χ0) is 26.0. The third-order valence-corrected chi connectivity index (χ3v) is 5.76. The molecule has 1 amide bonds. The number of fused-ring (bicyclic) bond motifs is 1. The number of hydrogen-bond donors (Lipinski definition) is 1. The van der Waals surface area contributed by atoms with Gasteiger partial charge in [0.2, 0.25) is 5.91 Å². The molecule has 0 radical (unpaired) electrons. The van der Waals surface area contributed by atoms with Gasteiger partial charge in [-0.1, -0.05) is 41.9 Å². The van der Waals surface area contributed by atoms with Crippen LogP contribution in [0, 0.1) is 5.82 Å². The van der Waals surface area contributed by atoms with Crippen molar-refractivity contribution in [3.05, 3.63) is 81.5 Å². The number of benzene rings is 2. The van der Waals surface area contributed by atoms with Crippen molar-refractivity contribution in [1.82, 2.24) is 24.8 Å². The third-order valence-electron chi connectivity index (χ3n) is 5.52. The van der Waals surface area contributed by atoms with E-state index in [2.05, 4.69) is 15.3 Å². The Kier molecular flexibility index (Phi) is 7.47. The molecule has 0 fully saturated rings. The Labute approximate surface area is 213 Å². The maximum Gasteiger partial charge on any atom is 0.263 e. The summed E-state index contributed by atoms with van der Waals surface area (Å²) in [6.07, 6.45) is 1.50. The fourth-order valence-electron chi connectivity index (χ4n) is 4.02. The lowest BCUT2D eigenvalue weighted by atomic mass is 10.0. The number of hydrogen-bond acceptors (Lipinski definition) is 5. The van der Waals surface area contributed by atoms with E-state index in [0.29, 0.717) is 33.8 Å². The van der Waals surface area contributed by atoms with Crippen LogP contribution in [0.2, 0.25) is 5.02 Å². The van der Waals surface area contributed by atoms with E-state index in [1.165, 1.54) is 10.8 Å². The highest BCUT2D eigenvalue weighted by Gasteiger charge is 2.19.